The molecule has 1 unspecified atom stereocenters. The molecule has 31 heavy (non-hydrogen) atoms. The second-order valence-electron chi connectivity index (χ2n) is 8.13. The third kappa shape index (κ3) is 4.21. The van der Waals surface area contributed by atoms with E-state index in [0.717, 1.165) is 35.2 Å². The Bertz CT molecular complexity index is 1010. The van der Waals surface area contributed by atoms with Crippen molar-refractivity contribution in [3.8, 4) is 11.5 Å². The molecule has 0 N–H and O–H groups in total. The fraction of sp³-hybridized carbons (Fsp3) is 0.360. The van der Waals surface area contributed by atoms with Crippen LogP contribution in [0.1, 0.15) is 42.7 Å². The van der Waals surface area contributed by atoms with E-state index in [4.69, 9.17) is 9.47 Å². The Labute approximate surface area is 183 Å². The zero-order chi connectivity index (χ0) is 22.0. The normalized spacial score (nSPS) is 19.0. The number of nitrogens with zero attached hydrogens (tertiary/aromatic N) is 2. The lowest BCUT2D eigenvalue weighted by atomic mass is 9.77. The highest BCUT2D eigenvalue weighted by Crippen LogP contribution is 2.43. The van der Waals surface area contributed by atoms with E-state index in [1.165, 1.54) is 0 Å². The van der Waals surface area contributed by atoms with Crippen molar-refractivity contribution in [2.75, 3.05) is 21.2 Å². The van der Waals surface area contributed by atoms with Crippen molar-refractivity contribution in [1.82, 2.24) is 10.0 Å². The summed E-state index contributed by atoms with van der Waals surface area (Å²) in [7, 11) is 5.28. The molecule has 0 bridgehead atoms. The van der Waals surface area contributed by atoms with Gasteiger partial charge in [0.15, 0.2) is 17.3 Å². The van der Waals surface area contributed by atoms with Crippen LogP contribution in [0, 0.1) is 0 Å². The Balaban J connectivity index is 1.66. The quantitative estimate of drug-likeness (QED) is 0.705. The lowest BCUT2D eigenvalue weighted by Gasteiger charge is -2.41. The fourth-order valence-electron chi connectivity index (χ4n) is 4.48. The van der Waals surface area contributed by atoms with E-state index in [2.05, 4.69) is 0 Å². The number of allylic oxidation sites excluding steroid dienone is 2. The van der Waals surface area contributed by atoms with Crippen LogP contribution < -0.4 is 9.47 Å². The van der Waals surface area contributed by atoms with Crippen molar-refractivity contribution >= 4 is 11.7 Å². The van der Waals surface area contributed by atoms with Gasteiger partial charge in [-0.3, -0.25) is 9.59 Å². The molecule has 4 rings (SSSR count). The highest BCUT2D eigenvalue weighted by molar-refractivity contribution is 6.01. The summed E-state index contributed by atoms with van der Waals surface area (Å²) in [4.78, 5) is 25.8. The van der Waals surface area contributed by atoms with Crippen LogP contribution in [0.25, 0.3) is 0 Å². The number of ketones is 1. The van der Waals surface area contributed by atoms with Gasteiger partial charge in [0.25, 0.3) is 0 Å². The Morgan fingerprint density at radius 2 is 1.81 bits per heavy atom. The largest absolute Gasteiger partial charge is 0.493 e. The second kappa shape index (κ2) is 8.94. The van der Waals surface area contributed by atoms with Gasteiger partial charge in [-0.25, -0.2) is 10.0 Å². The number of carbonyl (C=O) groups excluding carboxylic acids is 2. The molecule has 162 valence electrons. The summed E-state index contributed by atoms with van der Waals surface area (Å²) < 4.78 is 11.6. The van der Waals surface area contributed by atoms with Crippen LogP contribution in [-0.4, -0.2) is 42.9 Å². The van der Waals surface area contributed by atoms with E-state index in [-0.39, 0.29) is 24.0 Å². The van der Waals surface area contributed by atoms with Crippen molar-refractivity contribution in [3.05, 3.63) is 70.9 Å². The predicted octanol–water partition coefficient (Wildman–Crippen LogP) is 4.07. The summed E-state index contributed by atoms with van der Waals surface area (Å²) in [5.41, 5.74) is 3.57. The zero-order valence-corrected chi connectivity index (χ0v) is 18.3. The number of hydrogen-bond donors (Lipinski definition) is 0. The number of amides is 1. The van der Waals surface area contributed by atoms with Gasteiger partial charge in [-0.05, 0) is 36.1 Å². The fourth-order valence-corrected chi connectivity index (χ4v) is 4.48. The molecule has 0 aromatic heterocycles. The third-order valence-corrected chi connectivity index (χ3v) is 5.88. The molecule has 1 aliphatic heterocycles. The molecule has 1 heterocycles. The van der Waals surface area contributed by atoms with Gasteiger partial charge >= 0.3 is 0 Å². The van der Waals surface area contributed by atoms with E-state index in [1.54, 1.807) is 17.1 Å². The molecule has 0 saturated carbocycles. The number of ether oxygens (including phenoxy) is 2. The van der Waals surface area contributed by atoms with Crippen LogP contribution in [0.5, 0.6) is 11.5 Å². The topological polar surface area (TPSA) is 59.1 Å². The SMILES string of the molecule is COc1cc(C2CC(=O)N(N(C)C)C3=C2C(=O)CCC3)ccc1OCc1ccccc1. The molecular weight excluding hydrogens is 392 g/mol. The minimum atomic E-state index is -0.261. The average Bonchev–Trinajstić information content (AvgIpc) is 2.77. The third-order valence-electron chi connectivity index (χ3n) is 5.88. The Morgan fingerprint density at radius 3 is 2.52 bits per heavy atom. The lowest BCUT2D eigenvalue weighted by molar-refractivity contribution is -0.143. The van der Waals surface area contributed by atoms with Crippen molar-refractivity contribution in [3.63, 3.8) is 0 Å². The van der Waals surface area contributed by atoms with E-state index in [0.29, 0.717) is 24.5 Å². The van der Waals surface area contributed by atoms with Crippen molar-refractivity contribution in [1.29, 1.82) is 0 Å². The molecule has 1 atom stereocenters. The minimum absolute atomic E-state index is 0.00632. The first kappa shape index (κ1) is 21.1. The summed E-state index contributed by atoms with van der Waals surface area (Å²) in [5.74, 6) is 1.11. The monoisotopic (exact) mass is 420 g/mol. The molecule has 0 radical (unpaired) electrons. The van der Waals surface area contributed by atoms with Gasteiger partial charge < -0.3 is 9.47 Å². The molecule has 6 heteroatoms. The zero-order valence-electron chi connectivity index (χ0n) is 18.3. The molecule has 6 nitrogen and oxygen atoms in total. The molecule has 2 aliphatic rings. The van der Waals surface area contributed by atoms with Crippen LogP contribution in [0.2, 0.25) is 0 Å². The smallest absolute Gasteiger partial charge is 0.242 e. The maximum absolute atomic E-state index is 12.9. The van der Waals surface area contributed by atoms with Crippen molar-refractivity contribution in [2.24, 2.45) is 0 Å². The van der Waals surface area contributed by atoms with Gasteiger partial charge in [0.05, 0.1) is 7.11 Å². The molecule has 2 aromatic carbocycles. The number of Topliss-reactive ketones (excluding diaryl/α,β-unsaturated/α-hetero) is 1. The number of rotatable bonds is 6. The summed E-state index contributed by atoms with van der Waals surface area (Å²) in [5, 5.41) is 3.44. The first-order valence-electron chi connectivity index (χ1n) is 10.6. The number of carbonyl (C=O) groups is 2. The maximum atomic E-state index is 12.9. The summed E-state index contributed by atoms with van der Waals surface area (Å²) in [6, 6.07) is 15.6. The number of hydrogen-bond acceptors (Lipinski definition) is 5. The van der Waals surface area contributed by atoms with Crippen LogP contribution in [0.3, 0.4) is 0 Å². The Hall–Kier alpha value is -3.12. The van der Waals surface area contributed by atoms with Crippen LogP contribution in [0.15, 0.2) is 59.8 Å². The Morgan fingerprint density at radius 1 is 1.03 bits per heavy atom. The van der Waals surface area contributed by atoms with Gasteiger partial charge in [-0.15, -0.1) is 0 Å². The number of hydrazine groups is 1. The van der Waals surface area contributed by atoms with Gasteiger partial charge in [0, 0.05) is 44.1 Å². The van der Waals surface area contributed by atoms with Crippen LogP contribution >= 0.6 is 0 Å². The van der Waals surface area contributed by atoms with E-state index >= 15 is 0 Å². The second-order valence-corrected chi connectivity index (χ2v) is 8.13. The highest BCUT2D eigenvalue weighted by atomic mass is 16.5. The standard InChI is InChI=1S/C25H28N2O4/c1-26(2)27-20-10-7-11-21(28)25(20)19(15-24(27)29)18-12-13-22(23(14-18)30-3)31-16-17-8-5-4-6-9-17/h4-6,8-9,12-14,19H,7,10-11,15-16H2,1-3H3. The molecular formula is C25H28N2O4. The summed E-state index contributed by atoms with van der Waals surface area (Å²) in [6.07, 6.45) is 2.30. The van der Waals surface area contributed by atoms with Crippen molar-refractivity contribution in [2.45, 2.75) is 38.2 Å². The van der Waals surface area contributed by atoms with Gasteiger partial charge in [0.1, 0.15) is 6.61 Å². The van der Waals surface area contributed by atoms with Crippen LogP contribution in [0.4, 0.5) is 0 Å². The minimum Gasteiger partial charge on any atom is -0.493 e. The predicted molar refractivity (Wildman–Crippen MR) is 118 cm³/mol. The average molecular weight is 421 g/mol. The lowest BCUT2D eigenvalue weighted by Crippen LogP contribution is -2.47. The number of benzene rings is 2. The first-order valence-corrected chi connectivity index (χ1v) is 10.6. The van der Waals surface area contributed by atoms with Crippen LogP contribution in [-0.2, 0) is 16.2 Å². The summed E-state index contributed by atoms with van der Waals surface area (Å²) in [6.45, 7) is 0.435. The molecule has 0 fully saturated rings. The molecule has 2 aromatic rings. The molecule has 1 aliphatic carbocycles. The highest BCUT2D eigenvalue weighted by Gasteiger charge is 2.40. The van der Waals surface area contributed by atoms with E-state index in [1.807, 2.05) is 62.6 Å². The molecule has 0 saturated heterocycles. The summed E-state index contributed by atoms with van der Waals surface area (Å²) >= 11 is 0. The van der Waals surface area contributed by atoms with Crippen molar-refractivity contribution < 1.29 is 19.1 Å². The van der Waals surface area contributed by atoms with Gasteiger partial charge in [0.2, 0.25) is 5.91 Å². The maximum Gasteiger partial charge on any atom is 0.242 e. The number of methoxy groups -OCH3 is 1. The molecule has 1 amide bonds. The van der Waals surface area contributed by atoms with Gasteiger partial charge in [-0.2, -0.15) is 0 Å². The molecule has 0 spiro atoms. The van der Waals surface area contributed by atoms with Gasteiger partial charge in [-0.1, -0.05) is 36.4 Å². The van der Waals surface area contributed by atoms with E-state index in [9.17, 15) is 9.59 Å². The van der Waals surface area contributed by atoms with E-state index < -0.39 is 0 Å². The Kier molecular flexibility index (Phi) is 6.09. The first-order chi connectivity index (χ1) is 15.0.